The van der Waals surface area contributed by atoms with Crippen molar-refractivity contribution in [2.75, 3.05) is 16.8 Å². The zero-order chi connectivity index (χ0) is 24.2. The molecule has 0 spiro atoms. The number of carboxylic acid groups (broad SMARTS) is 1. The molecule has 6 nitrogen and oxygen atoms in total. The molecule has 0 aromatic heterocycles. The maximum atomic E-state index is 12.9. The first kappa shape index (κ1) is 23.0. The van der Waals surface area contributed by atoms with Crippen molar-refractivity contribution in [1.82, 2.24) is 0 Å². The molecule has 0 unspecified atom stereocenters. The molecule has 0 fully saturated rings. The molecule has 0 aliphatic carbocycles. The van der Waals surface area contributed by atoms with Crippen LogP contribution < -0.4 is 10.2 Å². The number of amides is 1. The highest BCUT2D eigenvalue weighted by atomic mass is 16.4. The smallest absolute Gasteiger partial charge is 0.354 e. The molecular weight excluding hydrogens is 426 g/mol. The van der Waals surface area contributed by atoms with Crippen LogP contribution >= 0.6 is 0 Å². The van der Waals surface area contributed by atoms with Gasteiger partial charge in [-0.15, -0.1) is 0 Å². The number of hydrogen-bond acceptors (Lipinski definition) is 4. The van der Waals surface area contributed by atoms with Gasteiger partial charge in [-0.1, -0.05) is 42.5 Å². The van der Waals surface area contributed by atoms with Gasteiger partial charge in [0, 0.05) is 23.6 Å². The van der Waals surface area contributed by atoms with Crippen molar-refractivity contribution in [2.45, 2.75) is 26.7 Å². The molecule has 1 aliphatic heterocycles. The van der Waals surface area contributed by atoms with Crippen molar-refractivity contribution in [3.8, 4) is 0 Å². The Morgan fingerprint density at radius 2 is 1.71 bits per heavy atom. The Labute approximate surface area is 199 Å². The summed E-state index contributed by atoms with van der Waals surface area (Å²) in [7, 11) is 0. The Morgan fingerprint density at radius 3 is 2.38 bits per heavy atom. The fourth-order valence-corrected chi connectivity index (χ4v) is 4.42. The molecule has 172 valence electrons. The highest BCUT2D eigenvalue weighted by Gasteiger charge is 2.23. The summed E-state index contributed by atoms with van der Waals surface area (Å²) in [6.45, 7) is 5.15. The third-order valence-electron chi connectivity index (χ3n) is 6.00. The molecular formula is C28H27N3O3. The molecule has 6 heteroatoms. The number of nitrogens with zero attached hydrogens (tertiary/aromatic N) is 1. The van der Waals surface area contributed by atoms with Gasteiger partial charge < -0.3 is 15.3 Å². The molecule has 0 radical (unpaired) electrons. The van der Waals surface area contributed by atoms with Gasteiger partial charge in [-0.05, 0) is 79.3 Å². The lowest BCUT2D eigenvalue weighted by Gasteiger charge is -2.34. The summed E-state index contributed by atoms with van der Waals surface area (Å²) < 4.78 is 0. The minimum atomic E-state index is -1.45. The van der Waals surface area contributed by atoms with Gasteiger partial charge in [0.2, 0.25) is 0 Å². The number of carbonyl (C=O) groups excluding carboxylic acids is 1. The van der Waals surface area contributed by atoms with E-state index < -0.39 is 17.6 Å². The van der Waals surface area contributed by atoms with E-state index in [2.05, 4.69) is 42.3 Å². The second-order valence-electron chi connectivity index (χ2n) is 8.44. The van der Waals surface area contributed by atoms with Crippen molar-refractivity contribution in [2.24, 2.45) is 0 Å². The molecule has 1 aliphatic rings. The number of fused-ring (bicyclic) bond motifs is 1. The van der Waals surface area contributed by atoms with Crippen LogP contribution in [0.15, 0.2) is 72.3 Å². The summed E-state index contributed by atoms with van der Waals surface area (Å²) >= 11 is 0. The van der Waals surface area contributed by atoms with Crippen molar-refractivity contribution < 1.29 is 14.7 Å². The van der Waals surface area contributed by atoms with E-state index in [1.807, 2.05) is 24.3 Å². The first-order valence-electron chi connectivity index (χ1n) is 11.2. The lowest BCUT2D eigenvalue weighted by molar-refractivity contribution is -0.129. The maximum Gasteiger partial charge on any atom is 0.354 e. The molecule has 0 saturated carbocycles. The molecule has 3 aromatic rings. The van der Waals surface area contributed by atoms with Crippen LogP contribution in [0.3, 0.4) is 0 Å². The van der Waals surface area contributed by atoms with Gasteiger partial charge in [0.25, 0.3) is 5.91 Å². The van der Waals surface area contributed by atoms with E-state index >= 15 is 0 Å². The fourth-order valence-electron chi connectivity index (χ4n) is 4.42. The molecule has 1 amide bonds. The number of rotatable bonds is 6. The van der Waals surface area contributed by atoms with Gasteiger partial charge in [-0.25, -0.2) is 4.79 Å². The lowest BCUT2D eigenvalue weighted by Crippen LogP contribution is -2.26. The highest BCUT2D eigenvalue weighted by Crippen LogP contribution is 2.37. The van der Waals surface area contributed by atoms with Crippen LogP contribution in [0, 0.1) is 19.3 Å². The van der Waals surface area contributed by atoms with Gasteiger partial charge in [0.15, 0.2) is 5.71 Å². The van der Waals surface area contributed by atoms with Gasteiger partial charge >= 0.3 is 5.97 Å². The highest BCUT2D eigenvalue weighted by molar-refractivity contribution is 6.50. The van der Waals surface area contributed by atoms with E-state index in [4.69, 9.17) is 5.41 Å². The van der Waals surface area contributed by atoms with E-state index in [0.29, 0.717) is 11.3 Å². The molecule has 4 rings (SSSR count). The van der Waals surface area contributed by atoms with E-state index in [1.54, 1.807) is 24.3 Å². The Kier molecular flexibility index (Phi) is 6.59. The molecule has 0 saturated heterocycles. The van der Waals surface area contributed by atoms with Crippen molar-refractivity contribution >= 4 is 40.7 Å². The first-order chi connectivity index (χ1) is 16.3. The van der Waals surface area contributed by atoms with Crippen LogP contribution in [0.25, 0.3) is 6.08 Å². The van der Waals surface area contributed by atoms with E-state index in [1.165, 1.54) is 22.9 Å². The Bertz CT molecular complexity index is 1280. The molecule has 3 N–H and O–H groups in total. The number of benzene rings is 3. The number of aliphatic carboxylic acids is 1. The van der Waals surface area contributed by atoms with E-state index in [-0.39, 0.29) is 5.57 Å². The minimum Gasteiger partial charge on any atom is -0.477 e. The third-order valence-corrected chi connectivity index (χ3v) is 6.00. The van der Waals surface area contributed by atoms with Crippen molar-refractivity contribution in [3.63, 3.8) is 0 Å². The topological polar surface area (TPSA) is 93.5 Å². The third kappa shape index (κ3) is 4.76. The summed E-state index contributed by atoms with van der Waals surface area (Å²) in [4.78, 5) is 26.7. The number of nitrogens with one attached hydrogen (secondary N) is 2. The molecule has 0 atom stereocenters. The number of aryl methyl sites for hydroxylation is 3. The van der Waals surface area contributed by atoms with Crippen molar-refractivity contribution in [3.05, 3.63) is 94.6 Å². The van der Waals surface area contributed by atoms with Crippen molar-refractivity contribution in [1.29, 1.82) is 5.41 Å². The SMILES string of the molecule is Cc1cccc(C)c1N1CCCc2cc(/C=C(/C(=N)C(=O)O)C(=O)Nc3ccccc3)ccc21. The van der Waals surface area contributed by atoms with Gasteiger partial charge in [-0.3, -0.25) is 10.2 Å². The number of carbonyl (C=O) groups is 2. The quantitative estimate of drug-likeness (QED) is 0.339. The van der Waals surface area contributed by atoms with Crippen LogP contribution in [0.4, 0.5) is 17.1 Å². The molecule has 1 heterocycles. The second kappa shape index (κ2) is 9.75. The summed E-state index contributed by atoms with van der Waals surface area (Å²) in [6, 6.07) is 20.9. The number of para-hydroxylation sites is 2. The van der Waals surface area contributed by atoms with Gasteiger partial charge in [-0.2, -0.15) is 0 Å². The monoisotopic (exact) mass is 453 g/mol. The molecule has 3 aromatic carbocycles. The van der Waals surface area contributed by atoms with E-state index in [0.717, 1.165) is 30.6 Å². The summed E-state index contributed by atoms with van der Waals surface area (Å²) in [5.41, 5.74) is 6.16. The number of carboxylic acids is 1. The normalized spacial score (nSPS) is 13.2. The van der Waals surface area contributed by atoms with Gasteiger partial charge in [0.05, 0.1) is 5.57 Å². The van der Waals surface area contributed by atoms with Gasteiger partial charge in [0.1, 0.15) is 0 Å². The molecule has 34 heavy (non-hydrogen) atoms. The van der Waals surface area contributed by atoms with Crippen LogP contribution in [0.5, 0.6) is 0 Å². The average molecular weight is 454 g/mol. The predicted octanol–water partition coefficient (Wildman–Crippen LogP) is 5.51. The lowest BCUT2D eigenvalue weighted by atomic mass is 9.95. The second-order valence-corrected chi connectivity index (χ2v) is 8.44. The van der Waals surface area contributed by atoms with Crippen LogP contribution in [0.2, 0.25) is 0 Å². The number of anilines is 3. The first-order valence-corrected chi connectivity index (χ1v) is 11.2. The van der Waals surface area contributed by atoms with Crippen LogP contribution in [-0.2, 0) is 16.0 Å². The van der Waals surface area contributed by atoms with Crippen LogP contribution in [-0.4, -0.2) is 29.2 Å². The number of hydrogen-bond donors (Lipinski definition) is 3. The summed E-state index contributed by atoms with van der Waals surface area (Å²) in [5, 5.41) is 20.1. The maximum absolute atomic E-state index is 12.9. The van der Waals surface area contributed by atoms with E-state index in [9.17, 15) is 14.7 Å². The largest absolute Gasteiger partial charge is 0.477 e. The predicted molar refractivity (Wildman–Crippen MR) is 136 cm³/mol. The fraction of sp³-hybridized carbons (Fsp3) is 0.179. The Balaban J connectivity index is 1.70. The summed E-state index contributed by atoms with van der Waals surface area (Å²) in [5.74, 6) is -2.08. The Morgan fingerprint density at radius 1 is 1.00 bits per heavy atom. The zero-order valence-corrected chi connectivity index (χ0v) is 19.3. The summed E-state index contributed by atoms with van der Waals surface area (Å²) in [6.07, 6.45) is 3.35. The minimum absolute atomic E-state index is 0.196. The zero-order valence-electron chi connectivity index (χ0n) is 19.3. The molecule has 0 bridgehead atoms. The Hall–Kier alpha value is -4.19. The standard InChI is InChI=1S/C28H27N3O3/c1-18-8-6-9-19(2)26(18)31-15-7-10-21-16-20(13-14-24(21)31)17-23(25(29)28(33)34)27(32)30-22-11-4-3-5-12-22/h3-6,8-9,11-14,16-17,29H,7,10,15H2,1-2H3,(H,30,32)(H,33,34)/b23-17-,29-25?. The average Bonchev–Trinajstić information content (AvgIpc) is 2.82. The van der Waals surface area contributed by atoms with Crippen LogP contribution in [0.1, 0.15) is 28.7 Å².